The Morgan fingerprint density at radius 3 is 2.45 bits per heavy atom. The Balaban J connectivity index is 1.27. The lowest BCUT2D eigenvalue weighted by molar-refractivity contribution is -0.121. The zero-order valence-electron chi connectivity index (χ0n) is 17.8. The first kappa shape index (κ1) is 21.5. The molecule has 0 saturated carbocycles. The number of nitrogens with one attached hydrogen (secondary N) is 1. The molecule has 162 valence electrons. The summed E-state index contributed by atoms with van der Waals surface area (Å²) in [6.07, 6.45) is 1.63. The third-order valence-corrected chi connectivity index (χ3v) is 5.98. The van der Waals surface area contributed by atoms with Crippen molar-refractivity contribution in [2.45, 2.75) is 39.2 Å². The van der Waals surface area contributed by atoms with Crippen LogP contribution in [-0.2, 0) is 11.3 Å². The van der Waals surface area contributed by atoms with Gasteiger partial charge in [0.05, 0.1) is 6.54 Å². The van der Waals surface area contributed by atoms with Crippen LogP contribution >= 0.6 is 11.6 Å². The van der Waals surface area contributed by atoms with Crippen LogP contribution in [0.15, 0.2) is 53.1 Å². The van der Waals surface area contributed by atoms with Gasteiger partial charge in [0.25, 0.3) is 0 Å². The van der Waals surface area contributed by atoms with Gasteiger partial charge in [-0.3, -0.25) is 9.69 Å². The summed E-state index contributed by atoms with van der Waals surface area (Å²) in [5.74, 6) is 1.74. The predicted octanol–water partition coefficient (Wildman–Crippen LogP) is 5.36. The van der Waals surface area contributed by atoms with Crippen molar-refractivity contribution in [2.24, 2.45) is 5.92 Å². The van der Waals surface area contributed by atoms with E-state index < -0.39 is 0 Å². The average Bonchev–Trinajstić information content (AvgIpc) is 3.23. The molecule has 0 bridgehead atoms. The summed E-state index contributed by atoms with van der Waals surface area (Å²) < 4.78 is 5.42. The van der Waals surface area contributed by atoms with Gasteiger partial charge in [-0.05, 0) is 73.8 Å². The van der Waals surface area contributed by atoms with Crippen LogP contribution in [0.25, 0.3) is 11.4 Å². The van der Waals surface area contributed by atoms with Crippen LogP contribution in [0.4, 0.5) is 5.69 Å². The highest BCUT2D eigenvalue weighted by molar-refractivity contribution is 6.30. The van der Waals surface area contributed by atoms with E-state index in [9.17, 15) is 4.79 Å². The van der Waals surface area contributed by atoms with Crippen molar-refractivity contribution in [3.8, 4) is 11.4 Å². The fourth-order valence-corrected chi connectivity index (χ4v) is 3.90. The zero-order chi connectivity index (χ0) is 21.8. The summed E-state index contributed by atoms with van der Waals surface area (Å²) in [4.78, 5) is 19.4. The number of hydrogen-bond acceptors (Lipinski definition) is 5. The minimum Gasteiger partial charge on any atom is -0.338 e. The molecule has 1 saturated heterocycles. The van der Waals surface area contributed by atoms with Gasteiger partial charge in [0.15, 0.2) is 0 Å². The Morgan fingerprint density at radius 2 is 1.81 bits per heavy atom. The molecule has 31 heavy (non-hydrogen) atoms. The van der Waals surface area contributed by atoms with Gasteiger partial charge in [-0.25, -0.2) is 0 Å². The Morgan fingerprint density at radius 1 is 1.13 bits per heavy atom. The van der Waals surface area contributed by atoms with E-state index in [0.29, 0.717) is 29.2 Å². The van der Waals surface area contributed by atoms with E-state index >= 15 is 0 Å². The second kappa shape index (κ2) is 9.62. The van der Waals surface area contributed by atoms with Crippen LogP contribution in [0.2, 0.25) is 5.02 Å². The molecule has 0 aliphatic carbocycles. The summed E-state index contributed by atoms with van der Waals surface area (Å²) in [5, 5.41) is 7.80. The fraction of sp³-hybridized carbons (Fsp3) is 0.375. The van der Waals surface area contributed by atoms with Crippen LogP contribution < -0.4 is 5.32 Å². The van der Waals surface area contributed by atoms with Gasteiger partial charge in [0, 0.05) is 22.2 Å². The van der Waals surface area contributed by atoms with Gasteiger partial charge in [0.2, 0.25) is 17.6 Å². The first-order chi connectivity index (χ1) is 15.0. The molecular weight excluding hydrogens is 412 g/mol. The molecule has 6 nitrogen and oxygen atoms in total. The molecule has 1 fully saturated rings. The van der Waals surface area contributed by atoms with Gasteiger partial charge in [-0.15, -0.1) is 0 Å². The molecule has 7 heteroatoms. The van der Waals surface area contributed by atoms with E-state index in [-0.39, 0.29) is 11.8 Å². The number of amides is 1. The standard InChI is InChI=1S/C24H27ClN4O2/c1-16(2)17-5-9-21(10-6-17)26-24(30)19-11-13-29(14-12-19)15-22-27-23(28-31-22)18-3-7-20(25)8-4-18/h3-10,16,19H,11-15H2,1-2H3,(H,26,30). The maximum absolute atomic E-state index is 12.7. The lowest BCUT2D eigenvalue weighted by Crippen LogP contribution is -2.37. The highest BCUT2D eigenvalue weighted by Crippen LogP contribution is 2.23. The van der Waals surface area contributed by atoms with Gasteiger partial charge in [-0.1, -0.05) is 42.7 Å². The van der Waals surface area contributed by atoms with Crippen LogP contribution in [0.1, 0.15) is 44.1 Å². The molecule has 1 aliphatic rings. The second-order valence-electron chi connectivity index (χ2n) is 8.33. The Hall–Kier alpha value is -2.70. The summed E-state index contributed by atoms with van der Waals surface area (Å²) >= 11 is 5.93. The number of nitrogens with zero attached hydrogens (tertiary/aromatic N) is 3. The van der Waals surface area contributed by atoms with Crippen molar-refractivity contribution in [1.29, 1.82) is 0 Å². The number of piperidine rings is 1. The molecule has 1 amide bonds. The summed E-state index contributed by atoms with van der Waals surface area (Å²) in [7, 11) is 0. The predicted molar refractivity (Wildman–Crippen MR) is 122 cm³/mol. The fourth-order valence-electron chi connectivity index (χ4n) is 3.78. The van der Waals surface area contributed by atoms with Gasteiger partial charge in [0.1, 0.15) is 0 Å². The molecular formula is C24H27ClN4O2. The molecule has 3 aromatic rings. The largest absolute Gasteiger partial charge is 0.338 e. The van der Waals surface area contributed by atoms with E-state index in [1.807, 2.05) is 24.3 Å². The maximum atomic E-state index is 12.7. The molecule has 1 N–H and O–H groups in total. The second-order valence-corrected chi connectivity index (χ2v) is 8.77. The van der Waals surface area contributed by atoms with Crippen LogP contribution in [-0.4, -0.2) is 34.0 Å². The highest BCUT2D eigenvalue weighted by atomic mass is 35.5. The van der Waals surface area contributed by atoms with Crippen molar-refractivity contribution in [2.75, 3.05) is 18.4 Å². The van der Waals surface area contributed by atoms with Crippen LogP contribution in [0, 0.1) is 5.92 Å². The maximum Gasteiger partial charge on any atom is 0.241 e. The van der Waals surface area contributed by atoms with Crippen molar-refractivity contribution in [3.63, 3.8) is 0 Å². The number of likely N-dealkylation sites (tertiary alicyclic amines) is 1. The normalized spacial score (nSPS) is 15.4. The third kappa shape index (κ3) is 5.51. The molecule has 0 radical (unpaired) electrons. The Bertz CT molecular complexity index is 1010. The molecule has 0 spiro atoms. The first-order valence-corrected chi connectivity index (χ1v) is 11.1. The van der Waals surface area contributed by atoms with Gasteiger partial charge in [-0.2, -0.15) is 4.98 Å². The number of rotatable bonds is 6. The minimum absolute atomic E-state index is 0.0216. The van der Waals surface area contributed by atoms with Gasteiger partial charge < -0.3 is 9.84 Å². The van der Waals surface area contributed by atoms with E-state index in [0.717, 1.165) is 37.2 Å². The number of benzene rings is 2. The molecule has 2 heterocycles. The number of halogens is 1. The quantitative estimate of drug-likeness (QED) is 0.560. The molecule has 2 aromatic carbocycles. The number of carbonyl (C=O) groups excluding carboxylic acids is 1. The van der Waals surface area contributed by atoms with Crippen molar-refractivity contribution in [3.05, 3.63) is 65.0 Å². The lowest BCUT2D eigenvalue weighted by atomic mass is 9.95. The number of carbonyl (C=O) groups is 1. The number of hydrogen-bond donors (Lipinski definition) is 1. The lowest BCUT2D eigenvalue weighted by Gasteiger charge is -2.30. The zero-order valence-corrected chi connectivity index (χ0v) is 18.6. The third-order valence-electron chi connectivity index (χ3n) is 5.73. The minimum atomic E-state index is 0.0216. The number of aromatic nitrogens is 2. The molecule has 1 aromatic heterocycles. The van der Waals surface area contributed by atoms with Crippen molar-refractivity contribution < 1.29 is 9.32 Å². The van der Waals surface area contributed by atoms with Crippen LogP contribution in [0.3, 0.4) is 0 Å². The smallest absolute Gasteiger partial charge is 0.241 e. The monoisotopic (exact) mass is 438 g/mol. The van der Waals surface area contributed by atoms with Crippen LogP contribution in [0.5, 0.6) is 0 Å². The topological polar surface area (TPSA) is 71.3 Å². The molecule has 0 atom stereocenters. The SMILES string of the molecule is CC(C)c1ccc(NC(=O)C2CCN(Cc3nc(-c4ccc(Cl)cc4)no3)CC2)cc1. The van der Waals surface area contributed by atoms with Gasteiger partial charge >= 0.3 is 0 Å². The highest BCUT2D eigenvalue weighted by Gasteiger charge is 2.26. The average molecular weight is 439 g/mol. The van der Waals surface area contributed by atoms with E-state index in [1.165, 1.54) is 5.56 Å². The molecule has 4 rings (SSSR count). The number of anilines is 1. The Labute approximate surface area is 187 Å². The van der Waals surface area contributed by atoms with E-state index in [4.69, 9.17) is 16.1 Å². The summed E-state index contributed by atoms with van der Waals surface area (Å²) in [6, 6.07) is 15.5. The first-order valence-electron chi connectivity index (χ1n) is 10.7. The van der Waals surface area contributed by atoms with E-state index in [2.05, 4.69) is 46.3 Å². The molecule has 1 aliphatic heterocycles. The van der Waals surface area contributed by atoms with Crippen molar-refractivity contribution in [1.82, 2.24) is 15.0 Å². The van der Waals surface area contributed by atoms with Crippen molar-refractivity contribution >= 4 is 23.2 Å². The summed E-state index contributed by atoms with van der Waals surface area (Å²) in [6.45, 7) is 6.56. The summed E-state index contributed by atoms with van der Waals surface area (Å²) in [5.41, 5.74) is 3.00. The molecule has 0 unspecified atom stereocenters. The van der Waals surface area contributed by atoms with E-state index in [1.54, 1.807) is 12.1 Å². The Kier molecular flexibility index (Phi) is 6.68.